The summed E-state index contributed by atoms with van der Waals surface area (Å²) >= 11 is 11.7. The van der Waals surface area contributed by atoms with Gasteiger partial charge in [-0.15, -0.1) is 0 Å². The molecule has 2 aromatic rings. The molecule has 4 nitrogen and oxygen atoms in total. The number of benzene rings is 2. The summed E-state index contributed by atoms with van der Waals surface area (Å²) in [5.41, 5.74) is -1.18. The summed E-state index contributed by atoms with van der Waals surface area (Å²) in [5.74, 6) is -1.18. The van der Waals surface area contributed by atoms with Crippen molar-refractivity contribution in [3.8, 4) is 5.75 Å². The van der Waals surface area contributed by atoms with E-state index in [0.29, 0.717) is 28.9 Å². The highest BCUT2D eigenvalue weighted by molar-refractivity contribution is 6.60. The first-order valence-electron chi connectivity index (χ1n) is 8.03. The second-order valence-electron chi connectivity index (χ2n) is 5.75. The molecule has 9 heteroatoms. The minimum absolute atomic E-state index is 0.0989. The summed E-state index contributed by atoms with van der Waals surface area (Å²) in [4.78, 5) is 25.9. The smallest absolute Gasteiger partial charge is 0.417 e. The Bertz CT molecular complexity index is 985. The maximum Gasteiger partial charge on any atom is 0.417 e. The van der Waals surface area contributed by atoms with E-state index in [9.17, 15) is 22.8 Å². The van der Waals surface area contributed by atoms with E-state index in [4.69, 9.17) is 27.9 Å². The van der Waals surface area contributed by atoms with Crippen LogP contribution in [0.1, 0.15) is 18.1 Å². The van der Waals surface area contributed by atoms with Crippen LogP contribution in [0, 0.1) is 0 Å². The van der Waals surface area contributed by atoms with Gasteiger partial charge in [0.1, 0.15) is 10.8 Å². The van der Waals surface area contributed by atoms with Gasteiger partial charge in [0.05, 0.1) is 28.5 Å². The Kier molecular flexibility index (Phi) is 5.41. The summed E-state index contributed by atoms with van der Waals surface area (Å²) in [6.45, 7) is 2.26. The van der Waals surface area contributed by atoms with Gasteiger partial charge in [0.15, 0.2) is 0 Å². The van der Waals surface area contributed by atoms with Crippen molar-refractivity contribution in [2.24, 2.45) is 0 Å². The number of amides is 2. The Morgan fingerprint density at radius 2 is 1.64 bits per heavy atom. The van der Waals surface area contributed by atoms with Gasteiger partial charge in [0, 0.05) is 0 Å². The van der Waals surface area contributed by atoms with Crippen LogP contribution in [-0.2, 0) is 15.8 Å². The second kappa shape index (κ2) is 7.48. The summed E-state index contributed by atoms with van der Waals surface area (Å²) in [6.07, 6.45) is -4.74. The maximum atomic E-state index is 13.1. The maximum absolute atomic E-state index is 13.1. The monoisotopic (exact) mass is 429 g/mol. The molecule has 2 amide bonds. The molecule has 0 aromatic heterocycles. The van der Waals surface area contributed by atoms with Gasteiger partial charge < -0.3 is 4.74 Å². The predicted octanol–water partition coefficient (Wildman–Crippen LogP) is 5.28. The van der Waals surface area contributed by atoms with E-state index in [1.807, 2.05) is 6.92 Å². The molecule has 2 aromatic carbocycles. The number of carbonyl (C=O) groups is 2. The highest BCUT2D eigenvalue weighted by atomic mass is 35.5. The van der Waals surface area contributed by atoms with Crippen LogP contribution in [0.2, 0.25) is 5.02 Å². The third kappa shape index (κ3) is 3.59. The van der Waals surface area contributed by atoms with Crippen LogP contribution < -0.4 is 9.64 Å². The van der Waals surface area contributed by atoms with Gasteiger partial charge in [-0.05, 0) is 42.8 Å². The molecule has 1 aliphatic rings. The van der Waals surface area contributed by atoms with Crippen molar-refractivity contribution in [2.45, 2.75) is 13.1 Å². The van der Waals surface area contributed by atoms with Gasteiger partial charge >= 0.3 is 6.18 Å². The third-order valence-corrected chi connectivity index (χ3v) is 4.68. The quantitative estimate of drug-likeness (QED) is 0.621. The largest absolute Gasteiger partial charge is 0.494 e. The summed E-state index contributed by atoms with van der Waals surface area (Å²) in [5, 5.41) is -0.918. The molecule has 0 radical (unpaired) electrons. The van der Waals surface area contributed by atoms with E-state index in [-0.39, 0.29) is 16.3 Å². The lowest BCUT2D eigenvalue weighted by Crippen LogP contribution is -2.31. The first-order valence-corrected chi connectivity index (χ1v) is 8.79. The molecule has 0 saturated carbocycles. The average Bonchev–Trinajstić information content (AvgIpc) is 2.85. The molecule has 0 saturated heterocycles. The lowest BCUT2D eigenvalue weighted by Gasteiger charge is -2.17. The predicted molar refractivity (Wildman–Crippen MR) is 99.3 cm³/mol. The van der Waals surface area contributed by atoms with Gasteiger partial charge in [0.2, 0.25) is 0 Å². The van der Waals surface area contributed by atoms with E-state index in [1.54, 1.807) is 24.3 Å². The number of anilines is 1. The molecule has 0 spiro atoms. The number of imide groups is 1. The van der Waals surface area contributed by atoms with Crippen LogP contribution in [0.25, 0.3) is 5.57 Å². The van der Waals surface area contributed by atoms with Crippen LogP contribution in [0.5, 0.6) is 5.75 Å². The number of hydrogen-bond donors (Lipinski definition) is 0. The van der Waals surface area contributed by atoms with E-state index < -0.39 is 28.6 Å². The normalized spacial score (nSPS) is 14.9. The first kappa shape index (κ1) is 20.2. The molecule has 1 aliphatic heterocycles. The first-order chi connectivity index (χ1) is 13.1. The molecule has 146 valence electrons. The molecule has 28 heavy (non-hydrogen) atoms. The van der Waals surface area contributed by atoms with Gasteiger partial charge in [-0.2, -0.15) is 13.2 Å². The molecule has 1 heterocycles. The summed E-state index contributed by atoms with van der Waals surface area (Å²) in [7, 11) is 0. The SMILES string of the molecule is CCOc1ccc(C2=C(Cl)C(=O)N(c3ccc(Cl)c(C(F)(F)F)c3)C2=O)cc1. The molecule has 0 bridgehead atoms. The van der Waals surface area contributed by atoms with Crippen molar-refractivity contribution < 1.29 is 27.5 Å². The Labute approximate surface area is 168 Å². The zero-order valence-electron chi connectivity index (χ0n) is 14.3. The van der Waals surface area contributed by atoms with Gasteiger partial charge in [-0.1, -0.05) is 35.3 Å². The molecule has 0 unspecified atom stereocenters. The minimum atomic E-state index is -4.74. The zero-order chi connectivity index (χ0) is 20.6. The van der Waals surface area contributed by atoms with Gasteiger partial charge in [-0.3, -0.25) is 9.59 Å². The molecule has 3 rings (SSSR count). The minimum Gasteiger partial charge on any atom is -0.494 e. The molecule has 0 aliphatic carbocycles. The lowest BCUT2D eigenvalue weighted by molar-refractivity contribution is -0.137. The number of rotatable bonds is 4. The fraction of sp³-hybridized carbons (Fsp3) is 0.158. The number of alkyl halides is 3. The van der Waals surface area contributed by atoms with Crippen LogP contribution >= 0.6 is 23.2 Å². The number of carbonyl (C=O) groups excluding carboxylic acids is 2. The fourth-order valence-electron chi connectivity index (χ4n) is 2.74. The summed E-state index contributed by atoms with van der Waals surface area (Å²) < 4.78 is 44.6. The van der Waals surface area contributed by atoms with Crippen LogP contribution in [-0.4, -0.2) is 18.4 Å². The van der Waals surface area contributed by atoms with Crippen molar-refractivity contribution in [1.29, 1.82) is 0 Å². The fourth-order valence-corrected chi connectivity index (χ4v) is 3.24. The Hall–Kier alpha value is -2.51. The highest BCUT2D eigenvalue weighted by Crippen LogP contribution is 2.40. The number of ether oxygens (including phenoxy) is 1. The van der Waals surface area contributed by atoms with Crippen LogP contribution in [0.4, 0.5) is 18.9 Å². The Morgan fingerprint density at radius 1 is 1.00 bits per heavy atom. The van der Waals surface area contributed by atoms with E-state index >= 15 is 0 Å². The number of halogens is 5. The Balaban J connectivity index is 2.00. The van der Waals surface area contributed by atoms with E-state index in [0.717, 1.165) is 12.1 Å². The van der Waals surface area contributed by atoms with Crippen molar-refractivity contribution in [3.63, 3.8) is 0 Å². The second-order valence-corrected chi connectivity index (χ2v) is 6.54. The average molecular weight is 430 g/mol. The number of hydrogen-bond acceptors (Lipinski definition) is 3. The molecule has 0 N–H and O–H groups in total. The third-order valence-electron chi connectivity index (χ3n) is 3.99. The number of nitrogens with zero attached hydrogens (tertiary/aromatic N) is 1. The van der Waals surface area contributed by atoms with Gasteiger partial charge in [0.25, 0.3) is 11.8 Å². The Morgan fingerprint density at radius 3 is 2.21 bits per heavy atom. The van der Waals surface area contributed by atoms with Crippen LogP contribution in [0.3, 0.4) is 0 Å². The van der Waals surface area contributed by atoms with Crippen molar-refractivity contribution in [2.75, 3.05) is 11.5 Å². The highest BCUT2D eigenvalue weighted by Gasteiger charge is 2.41. The van der Waals surface area contributed by atoms with Crippen LogP contribution in [0.15, 0.2) is 47.5 Å². The molecule has 0 fully saturated rings. The van der Waals surface area contributed by atoms with Crippen molar-refractivity contribution in [1.82, 2.24) is 0 Å². The van der Waals surface area contributed by atoms with Gasteiger partial charge in [-0.25, -0.2) is 4.90 Å². The van der Waals surface area contributed by atoms with E-state index in [2.05, 4.69) is 0 Å². The van der Waals surface area contributed by atoms with Crippen molar-refractivity contribution >= 4 is 46.3 Å². The standard InChI is InChI=1S/C19H12Cl2F3NO3/c1-2-28-12-6-3-10(4-7-12)15-16(21)18(27)25(17(15)26)11-5-8-14(20)13(9-11)19(22,23)24/h3-9H,2H2,1H3. The van der Waals surface area contributed by atoms with Crippen molar-refractivity contribution in [3.05, 3.63) is 63.6 Å². The topological polar surface area (TPSA) is 46.6 Å². The summed E-state index contributed by atoms with van der Waals surface area (Å²) in [6, 6.07) is 9.05. The molecular weight excluding hydrogens is 418 g/mol. The molecular formula is C19H12Cl2F3NO3. The van der Waals surface area contributed by atoms with E-state index in [1.165, 1.54) is 0 Å². The lowest BCUT2D eigenvalue weighted by atomic mass is 10.1. The zero-order valence-corrected chi connectivity index (χ0v) is 15.8. The molecule has 0 atom stereocenters.